The van der Waals surface area contributed by atoms with Crippen LogP contribution in [0.2, 0.25) is 0 Å². The van der Waals surface area contributed by atoms with Crippen LogP contribution in [0.25, 0.3) is 0 Å². The van der Waals surface area contributed by atoms with E-state index in [9.17, 15) is 4.79 Å². The van der Waals surface area contributed by atoms with E-state index in [0.29, 0.717) is 17.5 Å². The Labute approximate surface area is 106 Å². The SMILES string of the molecule is O=C(OCc1cn[nH]n1)C1C2CCCCCCC21. The zero-order chi connectivity index (χ0) is 12.4. The minimum Gasteiger partial charge on any atom is -0.459 e. The Bertz CT molecular complexity index is 390. The van der Waals surface area contributed by atoms with Crippen molar-refractivity contribution in [2.45, 2.75) is 45.1 Å². The third-order valence-electron chi connectivity index (χ3n) is 4.26. The van der Waals surface area contributed by atoms with Gasteiger partial charge in [0.15, 0.2) is 0 Å². The molecule has 18 heavy (non-hydrogen) atoms. The predicted octanol–water partition coefficient (Wildman–Crippen LogP) is 2.06. The Morgan fingerprint density at radius 2 is 2.00 bits per heavy atom. The van der Waals surface area contributed by atoms with Crippen LogP contribution in [0.3, 0.4) is 0 Å². The number of nitrogens with zero attached hydrogens (tertiary/aromatic N) is 2. The quantitative estimate of drug-likeness (QED) is 0.833. The molecular formula is C13H19N3O2. The molecule has 98 valence electrons. The first-order chi connectivity index (χ1) is 8.86. The zero-order valence-corrected chi connectivity index (χ0v) is 10.5. The van der Waals surface area contributed by atoms with E-state index in [4.69, 9.17) is 4.74 Å². The van der Waals surface area contributed by atoms with Crippen LogP contribution in [0.5, 0.6) is 0 Å². The minimum atomic E-state index is -0.0325. The van der Waals surface area contributed by atoms with Crippen LogP contribution < -0.4 is 0 Å². The number of carbonyl (C=O) groups excluding carboxylic acids is 1. The summed E-state index contributed by atoms with van der Waals surface area (Å²) in [4.78, 5) is 12.0. The lowest BCUT2D eigenvalue weighted by Gasteiger charge is -2.04. The van der Waals surface area contributed by atoms with Crippen LogP contribution in [0, 0.1) is 17.8 Å². The lowest BCUT2D eigenvalue weighted by atomic mass is 10.0. The summed E-state index contributed by atoms with van der Waals surface area (Å²) < 4.78 is 5.32. The summed E-state index contributed by atoms with van der Waals surface area (Å²) in [5.41, 5.74) is 0.682. The smallest absolute Gasteiger partial charge is 0.309 e. The van der Waals surface area contributed by atoms with Gasteiger partial charge in [0.05, 0.1) is 12.1 Å². The number of H-pyrrole nitrogens is 1. The van der Waals surface area contributed by atoms with Crippen molar-refractivity contribution in [3.8, 4) is 0 Å². The molecule has 5 nitrogen and oxygen atoms in total. The van der Waals surface area contributed by atoms with Crippen LogP contribution in [0.1, 0.15) is 44.2 Å². The van der Waals surface area contributed by atoms with Gasteiger partial charge in [-0.1, -0.05) is 25.7 Å². The van der Waals surface area contributed by atoms with Crippen LogP contribution in [-0.4, -0.2) is 21.4 Å². The second-order valence-corrected chi connectivity index (χ2v) is 5.41. The Hall–Kier alpha value is -1.39. The molecule has 0 amide bonds. The highest BCUT2D eigenvalue weighted by atomic mass is 16.5. The van der Waals surface area contributed by atoms with Gasteiger partial charge in [-0.25, -0.2) is 0 Å². The number of hydrogen-bond donors (Lipinski definition) is 1. The van der Waals surface area contributed by atoms with E-state index in [1.165, 1.54) is 38.5 Å². The van der Waals surface area contributed by atoms with E-state index in [1.54, 1.807) is 6.20 Å². The number of rotatable bonds is 3. The lowest BCUT2D eigenvalue weighted by molar-refractivity contribution is -0.147. The fourth-order valence-electron chi connectivity index (χ4n) is 3.23. The molecule has 1 aromatic heterocycles. The second kappa shape index (κ2) is 5.08. The molecule has 0 aliphatic heterocycles. The topological polar surface area (TPSA) is 67.9 Å². The number of ether oxygens (including phenoxy) is 1. The Morgan fingerprint density at radius 3 is 2.61 bits per heavy atom. The van der Waals surface area contributed by atoms with E-state index >= 15 is 0 Å². The molecule has 1 heterocycles. The fraction of sp³-hybridized carbons (Fsp3) is 0.769. The monoisotopic (exact) mass is 249 g/mol. The van der Waals surface area contributed by atoms with Gasteiger partial charge in [0.1, 0.15) is 12.3 Å². The Morgan fingerprint density at radius 1 is 1.28 bits per heavy atom. The molecule has 2 unspecified atom stereocenters. The van der Waals surface area contributed by atoms with Gasteiger partial charge < -0.3 is 4.74 Å². The highest BCUT2D eigenvalue weighted by Gasteiger charge is 2.54. The van der Waals surface area contributed by atoms with Gasteiger partial charge in [0.2, 0.25) is 0 Å². The van der Waals surface area contributed by atoms with Crippen molar-refractivity contribution in [2.75, 3.05) is 0 Å². The minimum absolute atomic E-state index is 0.0325. The first-order valence-electron chi connectivity index (χ1n) is 6.87. The van der Waals surface area contributed by atoms with Gasteiger partial charge >= 0.3 is 5.97 Å². The standard InChI is InChI=1S/C13H19N3O2/c17-13(18-8-9-7-14-16-15-9)12-10-5-3-1-2-4-6-11(10)12/h7,10-12H,1-6,8H2,(H,14,15,16). The van der Waals surface area contributed by atoms with Gasteiger partial charge in [-0.05, 0) is 24.7 Å². The maximum atomic E-state index is 12.0. The maximum absolute atomic E-state index is 12.0. The fourth-order valence-corrected chi connectivity index (χ4v) is 3.23. The molecule has 2 aliphatic carbocycles. The van der Waals surface area contributed by atoms with E-state index in [-0.39, 0.29) is 18.5 Å². The molecule has 0 bridgehead atoms. The molecule has 2 fully saturated rings. The average Bonchev–Trinajstić information content (AvgIpc) is 2.79. The van der Waals surface area contributed by atoms with Gasteiger partial charge in [-0.3, -0.25) is 4.79 Å². The third-order valence-corrected chi connectivity index (χ3v) is 4.26. The maximum Gasteiger partial charge on any atom is 0.309 e. The zero-order valence-electron chi connectivity index (χ0n) is 10.5. The van der Waals surface area contributed by atoms with E-state index in [2.05, 4.69) is 15.4 Å². The van der Waals surface area contributed by atoms with Crippen molar-refractivity contribution in [3.63, 3.8) is 0 Å². The van der Waals surface area contributed by atoms with Crippen molar-refractivity contribution in [3.05, 3.63) is 11.9 Å². The molecule has 3 rings (SSSR count). The summed E-state index contributed by atoms with van der Waals surface area (Å²) >= 11 is 0. The van der Waals surface area contributed by atoms with E-state index in [1.807, 2.05) is 0 Å². The largest absolute Gasteiger partial charge is 0.459 e. The van der Waals surface area contributed by atoms with Crippen LogP contribution in [0.4, 0.5) is 0 Å². The summed E-state index contributed by atoms with van der Waals surface area (Å²) in [5.74, 6) is 1.31. The van der Waals surface area contributed by atoms with Gasteiger partial charge in [-0.15, -0.1) is 0 Å². The highest BCUT2D eigenvalue weighted by Crippen LogP contribution is 2.54. The van der Waals surface area contributed by atoms with Crippen LogP contribution >= 0.6 is 0 Å². The number of carbonyl (C=O) groups is 1. The third kappa shape index (κ3) is 2.40. The predicted molar refractivity (Wildman–Crippen MR) is 64.4 cm³/mol. The van der Waals surface area contributed by atoms with E-state index in [0.717, 1.165) is 0 Å². The van der Waals surface area contributed by atoms with Gasteiger partial charge in [0.25, 0.3) is 0 Å². The van der Waals surface area contributed by atoms with Gasteiger partial charge in [-0.2, -0.15) is 15.4 Å². The molecular weight excluding hydrogens is 230 g/mol. The molecule has 2 saturated carbocycles. The molecule has 0 aromatic carbocycles. The molecule has 0 saturated heterocycles. The molecule has 2 atom stereocenters. The van der Waals surface area contributed by atoms with Crippen molar-refractivity contribution in [1.82, 2.24) is 15.4 Å². The van der Waals surface area contributed by atoms with Crippen molar-refractivity contribution in [2.24, 2.45) is 17.8 Å². The number of aromatic nitrogens is 3. The number of nitrogens with one attached hydrogen (secondary N) is 1. The normalized spacial score (nSPS) is 31.0. The highest BCUT2D eigenvalue weighted by molar-refractivity contribution is 5.76. The Balaban J connectivity index is 1.51. The molecule has 1 N–H and O–H groups in total. The average molecular weight is 249 g/mol. The van der Waals surface area contributed by atoms with E-state index < -0.39 is 0 Å². The van der Waals surface area contributed by atoms with Crippen LogP contribution in [0.15, 0.2) is 6.20 Å². The second-order valence-electron chi connectivity index (χ2n) is 5.41. The van der Waals surface area contributed by atoms with Gasteiger partial charge in [0, 0.05) is 0 Å². The Kier molecular flexibility index (Phi) is 3.30. The molecule has 1 aromatic rings. The number of hydrogen-bond acceptors (Lipinski definition) is 4. The van der Waals surface area contributed by atoms with Crippen molar-refractivity contribution in [1.29, 1.82) is 0 Å². The molecule has 5 heteroatoms. The summed E-state index contributed by atoms with van der Waals surface area (Å²) in [6, 6.07) is 0. The summed E-state index contributed by atoms with van der Waals surface area (Å²) in [5, 5.41) is 10.1. The first kappa shape index (κ1) is 11.7. The molecule has 0 radical (unpaired) electrons. The lowest BCUT2D eigenvalue weighted by Crippen LogP contribution is -2.09. The number of fused-ring (bicyclic) bond motifs is 1. The van der Waals surface area contributed by atoms with Crippen LogP contribution in [-0.2, 0) is 16.1 Å². The van der Waals surface area contributed by atoms with Crippen molar-refractivity contribution >= 4 is 5.97 Å². The number of esters is 1. The first-order valence-corrected chi connectivity index (χ1v) is 6.87. The number of aromatic amines is 1. The van der Waals surface area contributed by atoms with Crippen molar-refractivity contribution < 1.29 is 9.53 Å². The summed E-state index contributed by atoms with van der Waals surface area (Å²) in [6.07, 6.45) is 9.18. The summed E-state index contributed by atoms with van der Waals surface area (Å²) in [7, 11) is 0. The molecule has 0 spiro atoms. The molecule has 2 aliphatic rings. The summed E-state index contributed by atoms with van der Waals surface area (Å²) in [6.45, 7) is 0.241.